The molecule has 15 heteroatoms. The first-order chi connectivity index (χ1) is 9.70. The Morgan fingerprint density at radius 1 is 0.654 bits per heavy atom. The third kappa shape index (κ3) is 15.4. The van der Waals surface area contributed by atoms with E-state index in [1.165, 1.54) is 0 Å². The van der Waals surface area contributed by atoms with Crippen LogP contribution in [0.2, 0.25) is 0 Å². The van der Waals surface area contributed by atoms with Crippen molar-refractivity contribution >= 4 is 0 Å². The van der Waals surface area contributed by atoms with Crippen molar-refractivity contribution in [2.24, 2.45) is 0 Å². The highest BCUT2D eigenvalue weighted by atomic mass is 19.3. The van der Waals surface area contributed by atoms with Gasteiger partial charge in [-0.25, -0.2) is 18.3 Å². The normalized spacial score (nSPS) is 11.5. The monoisotopic (exact) mass is 426 g/mol. The largest absolute Gasteiger partial charge is 0.492 e. The minimum Gasteiger partial charge on any atom is -0.387 e. The van der Waals surface area contributed by atoms with Crippen molar-refractivity contribution in [1.82, 2.24) is 0 Å². The smallest absolute Gasteiger partial charge is 0.387 e. The number of aliphatic hydroxyl groups excluding tert-OH is 2. The minimum atomic E-state index is -6.30. The van der Waals surface area contributed by atoms with Crippen molar-refractivity contribution < 1.29 is 68.3 Å². The van der Waals surface area contributed by atoms with E-state index >= 15 is 0 Å². The van der Waals surface area contributed by atoms with Crippen LogP contribution in [0.15, 0.2) is 0 Å². The maximum absolute atomic E-state index is 12.5. The van der Waals surface area contributed by atoms with Gasteiger partial charge in [0.05, 0.1) is 0 Å². The van der Waals surface area contributed by atoms with Gasteiger partial charge in [-0.2, -0.15) is 26.3 Å². The predicted octanol–water partition coefficient (Wildman–Crippen LogP) is 4.73. The first-order valence-electron chi connectivity index (χ1n) is 4.59. The van der Waals surface area contributed by atoms with Gasteiger partial charge in [-0.3, -0.25) is 4.74 Å². The summed E-state index contributed by atoms with van der Waals surface area (Å²) in [7, 11) is 0. The van der Waals surface area contributed by atoms with Gasteiger partial charge in [-0.15, -0.1) is 8.78 Å². The van der Waals surface area contributed by atoms with Gasteiger partial charge in [0.25, 0.3) is 0 Å². The molecular formula is C11H24F10O5. The Balaban J connectivity index is -0.000000133. The molecule has 0 bridgehead atoms. The molecule has 0 atom stereocenters. The van der Waals surface area contributed by atoms with Crippen LogP contribution >= 0.6 is 0 Å². The van der Waals surface area contributed by atoms with E-state index < -0.39 is 44.9 Å². The molecular weight excluding hydrogens is 402 g/mol. The Morgan fingerprint density at radius 2 is 0.962 bits per heavy atom. The molecule has 168 valence electrons. The van der Waals surface area contributed by atoms with Crippen molar-refractivity contribution in [2.45, 2.75) is 54.3 Å². The van der Waals surface area contributed by atoms with Gasteiger partial charge >= 0.3 is 24.6 Å². The van der Waals surface area contributed by atoms with E-state index in [2.05, 4.69) is 14.2 Å². The lowest BCUT2D eigenvalue weighted by atomic mass is 10.5. The maximum Gasteiger partial charge on any atom is 0.492 e. The summed E-state index contributed by atoms with van der Waals surface area (Å²) in [5, 5.41) is 14.7. The molecule has 26 heavy (non-hydrogen) atoms. The third-order valence-electron chi connectivity index (χ3n) is 1.27. The molecule has 0 amide bonds. The van der Waals surface area contributed by atoms with Crippen LogP contribution in [-0.2, 0) is 14.2 Å². The number of hydrogen-bond donors (Lipinski definition) is 2. The molecule has 0 fully saturated rings. The highest BCUT2D eigenvalue weighted by molar-refractivity contribution is 4.70. The number of alkyl halides is 10. The Labute approximate surface area is 144 Å². The van der Waals surface area contributed by atoms with Crippen LogP contribution < -0.4 is 0 Å². The average Bonchev–Trinajstić information content (AvgIpc) is 2.26. The van der Waals surface area contributed by atoms with Crippen LogP contribution in [0.3, 0.4) is 0 Å². The van der Waals surface area contributed by atoms with Crippen molar-refractivity contribution in [3.8, 4) is 0 Å². The predicted molar refractivity (Wildman–Crippen MR) is 71.2 cm³/mol. The van der Waals surface area contributed by atoms with Crippen molar-refractivity contribution in [1.29, 1.82) is 0 Å². The van der Waals surface area contributed by atoms with Crippen LogP contribution in [-0.4, -0.2) is 55.2 Å². The molecule has 0 spiro atoms. The fraction of sp³-hybridized carbons (Fsp3) is 1.00. The lowest BCUT2D eigenvalue weighted by molar-refractivity contribution is -0.547. The summed E-state index contributed by atoms with van der Waals surface area (Å²) in [5.74, 6) is 0. The molecule has 0 aliphatic heterocycles. The first-order valence-corrected chi connectivity index (χ1v) is 4.59. The molecule has 0 saturated heterocycles. The zero-order valence-electron chi connectivity index (χ0n) is 10.0. The van der Waals surface area contributed by atoms with Gasteiger partial charge in [0.2, 0.25) is 0 Å². The van der Waals surface area contributed by atoms with Gasteiger partial charge in [-0.05, 0) is 0 Å². The Hall–Kier alpha value is -0.900. The second kappa shape index (κ2) is 15.2. The van der Waals surface area contributed by atoms with Gasteiger partial charge < -0.3 is 10.2 Å². The highest BCUT2D eigenvalue weighted by Crippen LogP contribution is 2.43. The summed E-state index contributed by atoms with van der Waals surface area (Å²) in [6.07, 6.45) is -23.3. The van der Waals surface area contributed by atoms with E-state index in [9.17, 15) is 43.9 Å². The van der Waals surface area contributed by atoms with E-state index in [0.717, 1.165) is 0 Å². The molecule has 0 aliphatic carbocycles. The van der Waals surface area contributed by atoms with Crippen molar-refractivity contribution in [3.05, 3.63) is 0 Å². The molecule has 5 nitrogen and oxygen atoms in total. The molecule has 0 radical (unpaired) electrons. The molecule has 0 aromatic rings. The molecule has 0 heterocycles. The van der Waals surface area contributed by atoms with Crippen LogP contribution in [0, 0.1) is 0 Å². The van der Waals surface area contributed by atoms with Crippen LogP contribution in [0.1, 0.15) is 29.7 Å². The van der Waals surface area contributed by atoms with Crippen LogP contribution in [0.4, 0.5) is 43.9 Å². The quantitative estimate of drug-likeness (QED) is 0.434. The summed E-state index contributed by atoms with van der Waals surface area (Å²) < 4.78 is 127. The van der Waals surface area contributed by atoms with Gasteiger partial charge in [-0.1, -0.05) is 29.7 Å². The Kier molecular flexibility index (Phi) is 23.3. The van der Waals surface area contributed by atoms with E-state index in [0.29, 0.717) is 0 Å². The Bertz CT molecular complexity index is 318. The summed E-state index contributed by atoms with van der Waals surface area (Å²) >= 11 is 0. The van der Waals surface area contributed by atoms with Crippen LogP contribution in [0.5, 0.6) is 0 Å². The van der Waals surface area contributed by atoms with Gasteiger partial charge in [0.15, 0.2) is 13.7 Å². The third-order valence-corrected chi connectivity index (χ3v) is 1.27. The summed E-state index contributed by atoms with van der Waals surface area (Å²) in [4.78, 5) is 0. The van der Waals surface area contributed by atoms with E-state index in [-0.39, 0.29) is 29.7 Å². The minimum absolute atomic E-state index is 0. The standard InChI is InChI=1S/C6H5F9O4.CH3FO.4CH4/c7-2-17-6(14,15)19-5(12,13)4(10,11)18-3(8,9)1-16;2-1-3;;;;/h16H,1-2H2;3H,1H2;4*1H4. The summed E-state index contributed by atoms with van der Waals surface area (Å²) in [5.41, 5.74) is 0. The second-order valence-corrected chi connectivity index (χ2v) is 2.87. The topological polar surface area (TPSA) is 68.2 Å². The molecule has 0 saturated carbocycles. The number of hydrogen-bond acceptors (Lipinski definition) is 5. The van der Waals surface area contributed by atoms with Crippen LogP contribution in [0.25, 0.3) is 0 Å². The molecule has 0 aliphatic rings. The first kappa shape index (κ1) is 40.0. The van der Waals surface area contributed by atoms with E-state index in [1.807, 2.05) is 0 Å². The fourth-order valence-corrected chi connectivity index (χ4v) is 0.581. The number of ether oxygens (including phenoxy) is 3. The SMILES string of the molecule is C.C.C.C.OCC(F)(F)OC(F)(F)C(F)(F)OC(F)(F)OCF.OCF. The van der Waals surface area contributed by atoms with Crippen molar-refractivity contribution in [2.75, 3.05) is 20.3 Å². The molecule has 0 rings (SSSR count). The summed E-state index contributed by atoms with van der Waals surface area (Å²) in [6, 6.07) is 0. The fourth-order valence-electron chi connectivity index (χ4n) is 0.581. The Morgan fingerprint density at radius 3 is 1.23 bits per heavy atom. The second-order valence-electron chi connectivity index (χ2n) is 2.87. The number of rotatable bonds is 8. The molecule has 0 unspecified atom stereocenters. The lowest BCUT2D eigenvalue weighted by Gasteiger charge is -2.29. The molecule has 0 aromatic carbocycles. The highest BCUT2D eigenvalue weighted by Gasteiger charge is 2.67. The number of aliphatic hydroxyl groups is 2. The number of halogens is 10. The molecule has 0 aromatic heterocycles. The summed E-state index contributed by atoms with van der Waals surface area (Å²) in [6.45, 7) is -6.07. The van der Waals surface area contributed by atoms with E-state index in [1.54, 1.807) is 0 Å². The van der Waals surface area contributed by atoms with Gasteiger partial charge in [0.1, 0.15) is 6.61 Å². The maximum atomic E-state index is 12.5. The average molecular weight is 426 g/mol. The van der Waals surface area contributed by atoms with Gasteiger partial charge in [0, 0.05) is 0 Å². The lowest BCUT2D eigenvalue weighted by Crippen LogP contribution is -2.52. The molecule has 2 N–H and O–H groups in total. The van der Waals surface area contributed by atoms with Crippen molar-refractivity contribution in [3.63, 3.8) is 0 Å². The zero-order valence-corrected chi connectivity index (χ0v) is 10.0. The van der Waals surface area contributed by atoms with E-state index in [4.69, 9.17) is 10.2 Å². The zero-order chi connectivity index (χ0) is 18.2.